The van der Waals surface area contributed by atoms with Gasteiger partial charge in [-0.25, -0.2) is 0 Å². The first-order valence-corrected chi connectivity index (χ1v) is 22.1. The second-order valence-corrected chi connectivity index (χ2v) is 19.9. The summed E-state index contributed by atoms with van der Waals surface area (Å²) in [5, 5.41) is 2.75. The van der Waals surface area contributed by atoms with Gasteiger partial charge in [-0.3, -0.25) is 0 Å². The quantitative estimate of drug-likeness (QED) is 0.165. The minimum atomic E-state index is -0.0539. The van der Waals surface area contributed by atoms with Gasteiger partial charge in [-0.15, -0.1) is 11.3 Å². The normalized spacial score (nSPS) is 20.3. The maximum absolute atomic E-state index is 2.93. The number of nitrogens with zero attached hydrogens (tertiary/aromatic N) is 2. The molecule has 4 heterocycles. The SMILES string of the molecule is CC(C)(C)c1cc2c3c(c1)C1(C)CCCCC1(C)N3c1c3c(cc4c1sc1ccccc14)-c1ccc(-c4ccccc4)cc1N(c1ccc(-c4ccccc4)cc1)B23. The average Bonchev–Trinajstić information content (AvgIpc) is 3.72. The Labute approximate surface area is 346 Å². The Morgan fingerprint density at radius 2 is 1.26 bits per heavy atom. The predicted molar refractivity (Wildman–Crippen MR) is 251 cm³/mol. The van der Waals surface area contributed by atoms with Crippen LogP contribution < -0.4 is 20.6 Å². The van der Waals surface area contributed by atoms with Gasteiger partial charge in [0.1, 0.15) is 0 Å². The third-order valence-electron chi connectivity index (χ3n) is 14.7. The third kappa shape index (κ3) is 4.56. The zero-order valence-corrected chi connectivity index (χ0v) is 34.9. The van der Waals surface area contributed by atoms with Crippen LogP contribution in [0.1, 0.15) is 71.4 Å². The van der Waals surface area contributed by atoms with E-state index in [4.69, 9.17) is 0 Å². The molecule has 1 aliphatic carbocycles. The van der Waals surface area contributed by atoms with Gasteiger partial charge in [0.25, 0.3) is 0 Å². The Morgan fingerprint density at radius 3 is 2.00 bits per heavy atom. The fraction of sp³-hybridized carbons (Fsp3) is 0.222. The van der Waals surface area contributed by atoms with Crippen LogP contribution in [0.3, 0.4) is 0 Å². The van der Waals surface area contributed by atoms with Crippen molar-refractivity contribution in [1.82, 2.24) is 0 Å². The van der Waals surface area contributed by atoms with E-state index in [-0.39, 0.29) is 23.2 Å². The molecule has 3 aliphatic heterocycles. The number of rotatable bonds is 3. The molecular formula is C54H47BN2S. The molecule has 2 unspecified atom stereocenters. The Balaban J connectivity index is 1.24. The van der Waals surface area contributed by atoms with Crippen molar-refractivity contribution in [2.75, 3.05) is 9.71 Å². The number of hydrogen-bond donors (Lipinski definition) is 0. The van der Waals surface area contributed by atoms with E-state index in [1.807, 2.05) is 11.3 Å². The summed E-state index contributed by atoms with van der Waals surface area (Å²) in [6.45, 7) is 12.4. The molecule has 0 spiro atoms. The van der Waals surface area contributed by atoms with E-state index in [0.717, 1.165) is 0 Å². The molecule has 0 radical (unpaired) electrons. The van der Waals surface area contributed by atoms with Gasteiger partial charge < -0.3 is 9.71 Å². The molecule has 1 fully saturated rings. The van der Waals surface area contributed by atoms with Gasteiger partial charge in [-0.2, -0.15) is 0 Å². The molecule has 0 amide bonds. The molecule has 12 rings (SSSR count). The molecule has 0 bridgehead atoms. The lowest BCUT2D eigenvalue weighted by atomic mass is 9.43. The van der Waals surface area contributed by atoms with Crippen molar-refractivity contribution in [1.29, 1.82) is 0 Å². The molecular weight excluding hydrogens is 719 g/mol. The lowest BCUT2D eigenvalue weighted by Gasteiger charge is -2.53. The van der Waals surface area contributed by atoms with Crippen LogP contribution in [0.15, 0.2) is 146 Å². The van der Waals surface area contributed by atoms with E-state index in [2.05, 4.69) is 190 Å². The maximum Gasteiger partial charge on any atom is 0.333 e. The highest BCUT2D eigenvalue weighted by Crippen LogP contribution is 2.64. The molecule has 1 saturated carbocycles. The summed E-state index contributed by atoms with van der Waals surface area (Å²) in [7, 11) is 0. The monoisotopic (exact) mass is 766 g/mol. The van der Waals surface area contributed by atoms with E-state index < -0.39 is 0 Å². The van der Waals surface area contributed by atoms with Crippen LogP contribution in [-0.4, -0.2) is 12.4 Å². The molecule has 282 valence electrons. The maximum atomic E-state index is 2.93. The molecule has 8 aromatic rings. The van der Waals surface area contributed by atoms with Crippen molar-refractivity contribution < 1.29 is 0 Å². The van der Waals surface area contributed by atoms with Crippen LogP contribution in [0.5, 0.6) is 0 Å². The molecule has 7 aromatic carbocycles. The summed E-state index contributed by atoms with van der Waals surface area (Å²) in [5.41, 5.74) is 19.0. The van der Waals surface area contributed by atoms with E-state index in [1.54, 1.807) is 5.56 Å². The van der Waals surface area contributed by atoms with Crippen LogP contribution in [0, 0.1) is 0 Å². The van der Waals surface area contributed by atoms with E-state index in [1.165, 1.54) is 118 Å². The van der Waals surface area contributed by atoms with Gasteiger partial charge in [0, 0.05) is 43.5 Å². The lowest BCUT2D eigenvalue weighted by molar-refractivity contribution is 0.195. The summed E-state index contributed by atoms with van der Waals surface area (Å²) in [6.07, 6.45) is 4.93. The standard InChI is InChI=1S/C54H47BN2S/c1-52(2,3)38-31-44-49-45(32-38)55-48-42(33-43-41-20-12-13-21-47(41)58-51(43)50(48)56(49)54(5)29-15-14-28-53(44,54)4)40-27-24-37(35-18-10-7-11-19-35)30-46(40)57(55)39-25-22-36(23-26-39)34-16-8-6-9-17-34/h6-13,16-27,30-33H,14-15,28-29H2,1-5H3. The summed E-state index contributed by atoms with van der Waals surface area (Å²) < 4.78 is 2.80. The van der Waals surface area contributed by atoms with Crippen LogP contribution in [-0.2, 0) is 10.8 Å². The van der Waals surface area contributed by atoms with Gasteiger partial charge in [0.05, 0.1) is 15.9 Å². The Bertz CT molecular complexity index is 2980. The molecule has 0 saturated heterocycles. The third-order valence-corrected chi connectivity index (χ3v) is 15.9. The van der Waals surface area contributed by atoms with E-state index in [0.29, 0.717) is 0 Å². The Morgan fingerprint density at radius 1 is 0.603 bits per heavy atom. The summed E-state index contributed by atoms with van der Waals surface area (Å²) >= 11 is 2.00. The van der Waals surface area contributed by atoms with Gasteiger partial charge >= 0.3 is 6.85 Å². The Kier molecular flexibility index (Phi) is 7.13. The number of thiophene rings is 1. The summed E-state index contributed by atoms with van der Waals surface area (Å²) in [4.78, 5) is 5.66. The van der Waals surface area contributed by atoms with Crippen LogP contribution >= 0.6 is 11.3 Å². The fourth-order valence-corrected chi connectivity index (χ4v) is 12.7. The topological polar surface area (TPSA) is 6.48 Å². The van der Waals surface area contributed by atoms with Crippen LogP contribution in [0.25, 0.3) is 53.6 Å². The highest BCUT2D eigenvalue weighted by molar-refractivity contribution is 7.26. The molecule has 0 N–H and O–H groups in total. The first kappa shape index (κ1) is 34.5. The van der Waals surface area contributed by atoms with Crippen molar-refractivity contribution in [3.8, 4) is 33.4 Å². The fourth-order valence-electron chi connectivity index (χ4n) is 11.5. The van der Waals surface area contributed by atoms with Gasteiger partial charge in [-0.05, 0) is 105 Å². The van der Waals surface area contributed by atoms with Crippen molar-refractivity contribution in [2.45, 2.75) is 76.7 Å². The largest absolute Gasteiger partial charge is 0.376 e. The number of hydrogen-bond acceptors (Lipinski definition) is 3. The van der Waals surface area contributed by atoms with Gasteiger partial charge in [0.15, 0.2) is 0 Å². The number of fused-ring (bicyclic) bond motifs is 11. The molecule has 2 atom stereocenters. The minimum Gasteiger partial charge on any atom is -0.376 e. The highest BCUT2D eigenvalue weighted by atomic mass is 32.1. The van der Waals surface area contributed by atoms with Crippen LogP contribution in [0.4, 0.5) is 22.7 Å². The number of benzene rings is 7. The molecule has 1 aromatic heterocycles. The number of anilines is 4. The van der Waals surface area contributed by atoms with E-state index >= 15 is 0 Å². The minimum absolute atomic E-state index is 0.00582. The lowest BCUT2D eigenvalue weighted by Crippen LogP contribution is -2.64. The van der Waals surface area contributed by atoms with Crippen molar-refractivity contribution in [3.63, 3.8) is 0 Å². The molecule has 4 heteroatoms. The summed E-state index contributed by atoms with van der Waals surface area (Å²) in [5.74, 6) is 0. The zero-order valence-electron chi connectivity index (χ0n) is 34.1. The second kappa shape index (κ2) is 12.0. The first-order valence-electron chi connectivity index (χ1n) is 21.3. The first-order chi connectivity index (χ1) is 28.1. The summed E-state index contributed by atoms with van der Waals surface area (Å²) in [6, 6.07) is 55.4. The smallest absolute Gasteiger partial charge is 0.333 e. The van der Waals surface area contributed by atoms with Crippen molar-refractivity contribution in [3.05, 3.63) is 157 Å². The van der Waals surface area contributed by atoms with Crippen molar-refractivity contribution >= 4 is 72.0 Å². The molecule has 2 nitrogen and oxygen atoms in total. The van der Waals surface area contributed by atoms with Crippen molar-refractivity contribution in [2.24, 2.45) is 0 Å². The van der Waals surface area contributed by atoms with Gasteiger partial charge in [-0.1, -0.05) is 156 Å². The van der Waals surface area contributed by atoms with Gasteiger partial charge in [0.2, 0.25) is 0 Å². The van der Waals surface area contributed by atoms with Crippen LogP contribution in [0.2, 0.25) is 0 Å². The average molecular weight is 767 g/mol. The van der Waals surface area contributed by atoms with E-state index in [9.17, 15) is 0 Å². The second-order valence-electron chi connectivity index (χ2n) is 18.8. The zero-order chi connectivity index (χ0) is 39.1. The molecule has 58 heavy (non-hydrogen) atoms. The molecule has 4 aliphatic rings. The highest BCUT2D eigenvalue weighted by Gasteiger charge is 2.62. The predicted octanol–water partition coefficient (Wildman–Crippen LogP) is 13.7. The Hall–Kier alpha value is -5.58.